The van der Waals surface area contributed by atoms with Crippen LogP contribution in [0.2, 0.25) is 0 Å². The Hall–Kier alpha value is -1.19. The highest BCUT2D eigenvalue weighted by molar-refractivity contribution is 5.26. The number of halogens is 3. The molecule has 0 amide bonds. The summed E-state index contributed by atoms with van der Waals surface area (Å²) in [6.07, 6.45) is -3.35. The van der Waals surface area contributed by atoms with Crippen molar-refractivity contribution in [1.82, 2.24) is 0 Å². The number of benzene rings is 1. The van der Waals surface area contributed by atoms with Gasteiger partial charge in [-0.25, -0.2) is 0 Å². The normalized spacial score (nSPS) is 9.41. The molecule has 0 aliphatic heterocycles. The van der Waals surface area contributed by atoms with Gasteiger partial charge >= 0.3 is 6.36 Å². The van der Waals surface area contributed by atoms with E-state index < -0.39 is 6.36 Å². The minimum absolute atomic E-state index is 0.187. The molecule has 0 aliphatic carbocycles. The highest BCUT2D eigenvalue weighted by atomic mass is 19.4. The van der Waals surface area contributed by atoms with Gasteiger partial charge in [0.25, 0.3) is 0 Å². The third-order valence-corrected chi connectivity index (χ3v) is 1.25. The molecule has 100 valence electrons. The van der Waals surface area contributed by atoms with E-state index in [1.807, 2.05) is 13.8 Å². The van der Waals surface area contributed by atoms with Crippen molar-refractivity contribution in [3.05, 3.63) is 29.8 Å². The van der Waals surface area contributed by atoms with Gasteiger partial charge in [-0.1, -0.05) is 51.8 Å². The van der Waals surface area contributed by atoms with Gasteiger partial charge in [0.1, 0.15) is 5.75 Å². The fourth-order valence-electron chi connectivity index (χ4n) is 0.740. The van der Waals surface area contributed by atoms with Crippen molar-refractivity contribution in [3.63, 3.8) is 0 Å². The van der Waals surface area contributed by atoms with Gasteiger partial charge in [-0.3, -0.25) is 0 Å². The van der Waals surface area contributed by atoms with Crippen molar-refractivity contribution in [2.24, 2.45) is 0 Å². The molecule has 0 N–H and O–H groups in total. The molecule has 0 saturated heterocycles. The molecule has 0 saturated carbocycles. The van der Waals surface area contributed by atoms with Crippen molar-refractivity contribution < 1.29 is 17.9 Å². The van der Waals surface area contributed by atoms with Gasteiger partial charge in [0, 0.05) is 0 Å². The summed E-state index contributed by atoms with van der Waals surface area (Å²) in [7, 11) is 0. The molecular weight excluding hydrogens is 229 g/mol. The first kappa shape index (κ1) is 18.2. The maximum atomic E-state index is 11.6. The molecule has 0 fully saturated rings. The molecule has 0 bridgehead atoms. The van der Waals surface area contributed by atoms with Gasteiger partial charge in [-0.05, 0) is 19.1 Å². The average Bonchev–Trinajstić information content (AvgIpc) is 2.24. The number of ether oxygens (including phenoxy) is 1. The highest BCUT2D eigenvalue weighted by Gasteiger charge is 2.30. The Morgan fingerprint density at radius 2 is 1.35 bits per heavy atom. The van der Waals surface area contributed by atoms with Crippen LogP contribution in [0.5, 0.6) is 5.75 Å². The molecule has 0 heterocycles. The summed E-state index contributed by atoms with van der Waals surface area (Å²) in [6.45, 7) is 10.0. The van der Waals surface area contributed by atoms with E-state index in [-0.39, 0.29) is 5.75 Å². The van der Waals surface area contributed by atoms with E-state index in [0.717, 1.165) is 5.56 Å². The van der Waals surface area contributed by atoms with E-state index >= 15 is 0 Å². The Morgan fingerprint density at radius 3 is 1.65 bits per heavy atom. The molecule has 0 unspecified atom stereocenters. The van der Waals surface area contributed by atoms with E-state index in [9.17, 15) is 13.2 Å². The second kappa shape index (κ2) is 10.00. The van der Waals surface area contributed by atoms with Crippen LogP contribution in [0.3, 0.4) is 0 Å². The summed E-state index contributed by atoms with van der Waals surface area (Å²) in [4.78, 5) is 0. The van der Waals surface area contributed by atoms with Crippen LogP contribution in [0.1, 0.15) is 39.7 Å². The summed E-state index contributed by atoms with van der Waals surface area (Å²) >= 11 is 0. The minimum atomic E-state index is -4.60. The molecular formula is C13H21F3O. The van der Waals surface area contributed by atoms with Crippen LogP contribution in [0, 0.1) is 6.92 Å². The van der Waals surface area contributed by atoms with Gasteiger partial charge in [0.2, 0.25) is 0 Å². The number of aryl methyl sites for hydroxylation is 1. The van der Waals surface area contributed by atoms with Gasteiger partial charge in [-0.15, -0.1) is 13.2 Å². The lowest BCUT2D eigenvalue weighted by atomic mass is 10.2. The molecule has 4 heteroatoms. The molecule has 1 aromatic rings. The third-order valence-electron chi connectivity index (χ3n) is 1.25. The molecule has 0 spiro atoms. The predicted molar refractivity (Wildman–Crippen MR) is 65.2 cm³/mol. The Labute approximate surface area is 102 Å². The van der Waals surface area contributed by atoms with E-state index in [0.29, 0.717) is 0 Å². The summed E-state index contributed by atoms with van der Waals surface area (Å²) in [5.74, 6) is -0.187. The fourth-order valence-corrected chi connectivity index (χ4v) is 0.740. The van der Waals surface area contributed by atoms with Crippen LogP contribution in [0.25, 0.3) is 0 Å². The largest absolute Gasteiger partial charge is 0.573 e. The zero-order valence-corrected chi connectivity index (χ0v) is 11.1. The van der Waals surface area contributed by atoms with Crippen LogP contribution in [-0.4, -0.2) is 6.36 Å². The van der Waals surface area contributed by atoms with Crippen LogP contribution >= 0.6 is 0 Å². The molecule has 0 aromatic heterocycles. The standard InChI is InChI=1S/C8H7F3O.C3H8.C2H6/c1-6-2-4-7(5-3-6)12-8(9,10)11;1-3-2;1-2/h2-5H,1H3;3H2,1-2H3;1-2H3. The first-order valence-electron chi connectivity index (χ1n) is 5.71. The van der Waals surface area contributed by atoms with Crippen LogP contribution in [0.15, 0.2) is 24.3 Å². The zero-order chi connectivity index (χ0) is 13.9. The number of alkyl halides is 3. The SMILES string of the molecule is CC.CCC.Cc1ccc(OC(F)(F)F)cc1. The Bertz CT molecular complexity index is 265. The second-order valence-electron chi connectivity index (χ2n) is 3.07. The fraction of sp³-hybridized carbons (Fsp3) is 0.538. The highest BCUT2D eigenvalue weighted by Crippen LogP contribution is 2.22. The summed E-state index contributed by atoms with van der Waals surface area (Å²) in [5, 5.41) is 0. The van der Waals surface area contributed by atoms with Gasteiger partial charge in [-0.2, -0.15) is 0 Å². The molecule has 17 heavy (non-hydrogen) atoms. The maximum absolute atomic E-state index is 11.6. The van der Waals surface area contributed by atoms with E-state index in [2.05, 4.69) is 18.6 Å². The summed E-state index contributed by atoms with van der Waals surface area (Å²) in [6, 6.07) is 5.67. The van der Waals surface area contributed by atoms with Gasteiger partial charge in [0.15, 0.2) is 0 Å². The van der Waals surface area contributed by atoms with E-state index in [4.69, 9.17) is 0 Å². The lowest BCUT2D eigenvalue weighted by molar-refractivity contribution is -0.274. The third kappa shape index (κ3) is 12.7. The first-order valence-corrected chi connectivity index (χ1v) is 5.71. The van der Waals surface area contributed by atoms with Gasteiger partial charge < -0.3 is 4.74 Å². The maximum Gasteiger partial charge on any atom is 0.573 e. The predicted octanol–water partition coefficient (Wildman–Crippen LogP) is 5.34. The van der Waals surface area contributed by atoms with Gasteiger partial charge in [0.05, 0.1) is 0 Å². The molecule has 1 aromatic carbocycles. The number of hydrogen-bond donors (Lipinski definition) is 0. The average molecular weight is 250 g/mol. The van der Waals surface area contributed by atoms with Crippen molar-refractivity contribution in [2.75, 3.05) is 0 Å². The summed E-state index contributed by atoms with van der Waals surface area (Å²) < 4.78 is 38.5. The topological polar surface area (TPSA) is 9.23 Å². The molecule has 0 radical (unpaired) electrons. The smallest absolute Gasteiger partial charge is 0.406 e. The number of hydrogen-bond acceptors (Lipinski definition) is 1. The minimum Gasteiger partial charge on any atom is -0.406 e. The van der Waals surface area contributed by atoms with Crippen molar-refractivity contribution >= 4 is 0 Å². The Kier molecular flexibility index (Phi) is 10.7. The monoisotopic (exact) mass is 250 g/mol. The van der Waals surface area contributed by atoms with E-state index in [1.54, 1.807) is 19.1 Å². The van der Waals surface area contributed by atoms with Crippen molar-refractivity contribution in [1.29, 1.82) is 0 Å². The lowest BCUT2D eigenvalue weighted by Gasteiger charge is -2.08. The first-order chi connectivity index (χ1) is 7.89. The van der Waals surface area contributed by atoms with Crippen LogP contribution < -0.4 is 4.74 Å². The van der Waals surface area contributed by atoms with Crippen molar-refractivity contribution in [3.8, 4) is 5.75 Å². The molecule has 0 atom stereocenters. The van der Waals surface area contributed by atoms with Crippen molar-refractivity contribution in [2.45, 2.75) is 47.4 Å². The number of rotatable bonds is 1. The quantitative estimate of drug-likeness (QED) is 0.654. The molecule has 1 rings (SSSR count). The Morgan fingerprint density at radius 1 is 1.00 bits per heavy atom. The van der Waals surface area contributed by atoms with E-state index in [1.165, 1.54) is 18.6 Å². The Balaban J connectivity index is 0. The second-order valence-corrected chi connectivity index (χ2v) is 3.07. The van der Waals surface area contributed by atoms with Crippen LogP contribution in [-0.2, 0) is 0 Å². The summed E-state index contributed by atoms with van der Waals surface area (Å²) in [5.41, 5.74) is 0.893. The molecule has 0 aliphatic rings. The lowest BCUT2D eigenvalue weighted by Crippen LogP contribution is -2.16. The van der Waals surface area contributed by atoms with Crippen LogP contribution in [0.4, 0.5) is 13.2 Å². The zero-order valence-electron chi connectivity index (χ0n) is 11.1. The molecule has 1 nitrogen and oxygen atoms in total.